The number of aryl methyl sites for hydroxylation is 1. The molecule has 0 aliphatic heterocycles. The van der Waals surface area contributed by atoms with Gasteiger partial charge in [-0.15, -0.1) is 0 Å². The van der Waals surface area contributed by atoms with Crippen LogP contribution in [0.1, 0.15) is 5.56 Å². The third-order valence-corrected chi connectivity index (χ3v) is 2.37. The zero-order valence-electron chi connectivity index (χ0n) is 8.81. The van der Waals surface area contributed by atoms with Gasteiger partial charge in [-0.25, -0.2) is 4.39 Å². The summed E-state index contributed by atoms with van der Waals surface area (Å²) in [7, 11) is 0. The molecule has 1 heterocycles. The molecule has 0 amide bonds. The molecule has 0 aliphatic rings. The van der Waals surface area contributed by atoms with E-state index in [2.05, 4.69) is 5.10 Å². The Kier molecular flexibility index (Phi) is 3.31. The number of aliphatic hydroxyl groups excluding tert-OH is 1. The van der Waals surface area contributed by atoms with Gasteiger partial charge < -0.3 is 5.11 Å². The second-order valence-electron chi connectivity index (χ2n) is 3.48. The highest BCUT2D eigenvalue weighted by molar-refractivity contribution is 5.62. The molecule has 84 valence electrons. The third-order valence-electron chi connectivity index (χ3n) is 2.37. The number of aromatic nitrogens is 2. The number of hydrogen-bond donors (Lipinski definition) is 1. The second kappa shape index (κ2) is 4.90. The van der Waals surface area contributed by atoms with Crippen LogP contribution in [0.25, 0.3) is 11.3 Å². The molecule has 3 nitrogen and oxygen atoms in total. The van der Waals surface area contributed by atoms with Crippen molar-refractivity contribution in [3.63, 3.8) is 0 Å². The van der Waals surface area contributed by atoms with E-state index >= 15 is 0 Å². The molecule has 0 saturated carbocycles. The fraction of sp³-hybridized carbons (Fsp3) is 0.250. The summed E-state index contributed by atoms with van der Waals surface area (Å²) in [5.74, 6) is 0. The first-order chi connectivity index (χ1) is 7.85. The van der Waals surface area contributed by atoms with Crippen LogP contribution in [0.5, 0.6) is 0 Å². The Morgan fingerprint density at radius 1 is 1.25 bits per heavy atom. The van der Waals surface area contributed by atoms with Crippen molar-refractivity contribution in [3.8, 4) is 11.3 Å². The smallest absolute Gasteiger partial charge is 0.109 e. The molecule has 0 aliphatic carbocycles. The van der Waals surface area contributed by atoms with Gasteiger partial charge in [0.2, 0.25) is 0 Å². The van der Waals surface area contributed by atoms with E-state index in [0.717, 1.165) is 16.8 Å². The Morgan fingerprint density at radius 2 is 2.00 bits per heavy atom. The number of rotatable bonds is 4. The monoisotopic (exact) mass is 220 g/mol. The SMILES string of the molecule is OCc1cn(CCF)nc1-c1ccccc1. The zero-order valence-corrected chi connectivity index (χ0v) is 8.81. The van der Waals surface area contributed by atoms with Crippen LogP contribution in [-0.2, 0) is 13.2 Å². The van der Waals surface area contributed by atoms with Crippen molar-refractivity contribution in [2.75, 3.05) is 6.67 Å². The highest BCUT2D eigenvalue weighted by Gasteiger charge is 2.09. The topological polar surface area (TPSA) is 38.0 Å². The van der Waals surface area contributed by atoms with Crippen LogP contribution in [0.15, 0.2) is 36.5 Å². The average Bonchev–Trinajstić information content (AvgIpc) is 2.74. The van der Waals surface area contributed by atoms with Gasteiger partial charge in [-0.1, -0.05) is 30.3 Å². The Bertz CT molecular complexity index is 453. The van der Waals surface area contributed by atoms with Gasteiger partial charge in [0, 0.05) is 17.3 Å². The van der Waals surface area contributed by atoms with Crippen molar-refractivity contribution in [2.24, 2.45) is 0 Å². The number of benzene rings is 1. The Hall–Kier alpha value is -1.68. The van der Waals surface area contributed by atoms with Crippen LogP contribution >= 0.6 is 0 Å². The number of halogens is 1. The minimum Gasteiger partial charge on any atom is -0.392 e. The molecule has 1 aromatic carbocycles. The van der Waals surface area contributed by atoms with E-state index in [1.54, 1.807) is 6.20 Å². The van der Waals surface area contributed by atoms with Gasteiger partial charge in [0.25, 0.3) is 0 Å². The highest BCUT2D eigenvalue weighted by Crippen LogP contribution is 2.21. The van der Waals surface area contributed by atoms with Gasteiger partial charge in [-0.3, -0.25) is 4.68 Å². The summed E-state index contributed by atoms with van der Waals surface area (Å²) in [4.78, 5) is 0. The van der Waals surface area contributed by atoms with Crippen LogP contribution in [0.4, 0.5) is 4.39 Å². The molecule has 0 spiro atoms. The molecule has 4 heteroatoms. The van der Waals surface area contributed by atoms with Crippen molar-refractivity contribution in [1.82, 2.24) is 9.78 Å². The van der Waals surface area contributed by atoms with E-state index in [1.165, 1.54) is 4.68 Å². The van der Waals surface area contributed by atoms with Gasteiger partial charge >= 0.3 is 0 Å². The molecule has 16 heavy (non-hydrogen) atoms. The molecule has 0 bridgehead atoms. The summed E-state index contributed by atoms with van der Waals surface area (Å²) >= 11 is 0. The molecule has 1 N–H and O–H groups in total. The summed E-state index contributed by atoms with van der Waals surface area (Å²) < 4.78 is 13.7. The molecule has 2 rings (SSSR count). The van der Waals surface area contributed by atoms with E-state index in [0.29, 0.717) is 0 Å². The fourth-order valence-electron chi connectivity index (χ4n) is 1.62. The first-order valence-corrected chi connectivity index (χ1v) is 5.13. The van der Waals surface area contributed by atoms with Gasteiger partial charge in [0.1, 0.15) is 6.67 Å². The maximum absolute atomic E-state index is 12.2. The van der Waals surface area contributed by atoms with E-state index in [-0.39, 0.29) is 13.2 Å². The van der Waals surface area contributed by atoms with Crippen LogP contribution < -0.4 is 0 Å². The largest absolute Gasteiger partial charge is 0.392 e. The molecular weight excluding hydrogens is 207 g/mol. The van der Waals surface area contributed by atoms with Crippen LogP contribution in [-0.4, -0.2) is 21.6 Å². The van der Waals surface area contributed by atoms with Crippen molar-refractivity contribution in [3.05, 3.63) is 42.1 Å². The van der Waals surface area contributed by atoms with Gasteiger partial charge in [-0.05, 0) is 0 Å². The summed E-state index contributed by atoms with van der Waals surface area (Å²) in [6.07, 6.45) is 1.68. The second-order valence-corrected chi connectivity index (χ2v) is 3.48. The fourth-order valence-corrected chi connectivity index (χ4v) is 1.62. The summed E-state index contributed by atoms with van der Waals surface area (Å²) in [5, 5.41) is 13.5. The van der Waals surface area contributed by atoms with Crippen LogP contribution in [0.2, 0.25) is 0 Å². The van der Waals surface area contributed by atoms with E-state index in [4.69, 9.17) is 0 Å². The first-order valence-electron chi connectivity index (χ1n) is 5.13. The number of aliphatic hydroxyl groups is 1. The predicted molar refractivity (Wildman–Crippen MR) is 59.6 cm³/mol. The molecule has 0 saturated heterocycles. The lowest BCUT2D eigenvalue weighted by Gasteiger charge is -1.98. The number of alkyl halides is 1. The molecule has 0 radical (unpaired) electrons. The lowest BCUT2D eigenvalue weighted by molar-refractivity contribution is 0.282. The zero-order chi connectivity index (χ0) is 11.4. The molecule has 0 atom stereocenters. The highest BCUT2D eigenvalue weighted by atomic mass is 19.1. The molecule has 0 unspecified atom stereocenters. The van der Waals surface area contributed by atoms with E-state index in [1.807, 2.05) is 30.3 Å². The Labute approximate surface area is 93.2 Å². The van der Waals surface area contributed by atoms with E-state index < -0.39 is 6.67 Å². The Balaban J connectivity index is 2.39. The summed E-state index contributed by atoms with van der Waals surface area (Å²) in [6, 6.07) is 9.57. The van der Waals surface area contributed by atoms with Crippen molar-refractivity contribution < 1.29 is 9.50 Å². The number of nitrogens with zero attached hydrogens (tertiary/aromatic N) is 2. The minimum atomic E-state index is -0.458. The summed E-state index contributed by atoms with van der Waals surface area (Å²) in [6.45, 7) is -0.322. The minimum absolute atomic E-state index is 0.0868. The Morgan fingerprint density at radius 3 is 2.62 bits per heavy atom. The van der Waals surface area contributed by atoms with Gasteiger partial charge in [-0.2, -0.15) is 5.10 Å². The number of hydrogen-bond acceptors (Lipinski definition) is 2. The lowest BCUT2D eigenvalue weighted by Crippen LogP contribution is -1.99. The quantitative estimate of drug-likeness (QED) is 0.855. The maximum atomic E-state index is 12.2. The summed E-state index contributed by atoms with van der Waals surface area (Å²) in [5.41, 5.74) is 2.38. The van der Waals surface area contributed by atoms with Crippen molar-refractivity contribution in [1.29, 1.82) is 0 Å². The molecular formula is C12H13FN2O. The normalized spacial score (nSPS) is 10.6. The molecule has 1 aromatic heterocycles. The maximum Gasteiger partial charge on any atom is 0.109 e. The lowest BCUT2D eigenvalue weighted by atomic mass is 10.1. The first kappa shape index (κ1) is 10.8. The molecule has 0 fully saturated rings. The predicted octanol–water partition coefficient (Wildman–Crippen LogP) is 2.01. The van der Waals surface area contributed by atoms with Gasteiger partial charge in [0.05, 0.1) is 18.8 Å². The van der Waals surface area contributed by atoms with Crippen molar-refractivity contribution >= 4 is 0 Å². The average molecular weight is 220 g/mol. The molecule has 2 aromatic rings. The standard InChI is InChI=1S/C12H13FN2O/c13-6-7-15-8-11(9-16)12(14-15)10-4-2-1-3-5-10/h1-5,8,16H,6-7,9H2. The van der Waals surface area contributed by atoms with Gasteiger partial charge in [0.15, 0.2) is 0 Å². The van der Waals surface area contributed by atoms with E-state index in [9.17, 15) is 9.50 Å². The van der Waals surface area contributed by atoms with Crippen LogP contribution in [0.3, 0.4) is 0 Å². The van der Waals surface area contributed by atoms with Crippen LogP contribution in [0, 0.1) is 0 Å². The third kappa shape index (κ3) is 2.12. The van der Waals surface area contributed by atoms with Crippen molar-refractivity contribution in [2.45, 2.75) is 13.2 Å².